The predicted octanol–water partition coefficient (Wildman–Crippen LogP) is 11.8. The van der Waals surface area contributed by atoms with Crippen molar-refractivity contribution in [3.8, 4) is 0 Å². The van der Waals surface area contributed by atoms with Crippen molar-refractivity contribution >= 4 is 85.3 Å². The largest absolute Gasteiger partial charge is 0.398 e. The molecule has 5 atom stereocenters. The van der Waals surface area contributed by atoms with Crippen LogP contribution < -0.4 is 83.9 Å². The molecule has 25 N–H and O–H groups in total. The van der Waals surface area contributed by atoms with Crippen LogP contribution in [-0.2, 0) is 41.6 Å². The number of nitrogen functional groups attached to an aromatic ring is 10. The standard InChI is InChI=1S/C15H25N3.C14H23N3.C13H21N3O.C13H21N3.C12H19N3O/c1-4-5-6-11-7-12-13(16)9(2)10(3)14(17)15(12)18-8-11;1-4-5-10-6-11-12(15)8(2)9(3)13(16)14(11)17-7-10;1-4-17-9-5-10-11(14)7(2)8(3)12(15)13(10)16-6-9;1-4-9-5-10-11(14)7(2)8(3)12(15)13(10)16-6-9;1-6-7(2)11(14)12-9(10(6)13)4-8(16-3)5-15-12/h11,18H,4-8,16-17H2,1-3H3;10,17H,4-7,15-16H2,1-3H3;9,16H,4-6,14-15H2,1-3H3;9,16H,4-6,14-15H2,1-3H3;8,15H,4-5,13-14H2,1-3H3. The average molecular weight is 1160 g/mol. The highest BCUT2D eigenvalue weighted by Crippen LogP contribution is 2.44. The van der Waals surface area contributed by atoms with E-state index in [4.69, 9.17) is 66.8 Å². The van der Waals surface area contributed by atoms with Gasteiger partial charge in [0.25, 0.3) is 0 Å². The summed E-state index contributed by atoms with van der Waals surface area (Å²) < 4.78 is 11.0. The van der Waals surface area contributed by atoms with Crippen LogP contribution >= 0.6 is 0 Å². The van der Waals surface area contributed by atoms with Crippen LogP contribution in [0, 0.1) is 87.0 Å². The van der Waals surface area contributed by atoms with E-state index in [1.807, 2.05) is 55.4 Å². The lowest BCUT2D eigenvalue weighted by Gasteiger charge is -2.30. The molecule has 0 spiro atoms. The number of benzene rings is 5. The number of hydrogen-bond acceptors (Lipinski definition) is 17. The molecule has 5 aliphatic heterocycles. The molecule has 5 unspecified atom stereocenters. The van der Waals surface area contributed by atoms with Gasteiger partial charge in [0.15, 0.2) is 0 Å². The second-order valence-corrected chi connectivity index (χ2v) is 24.5. The van der Waals surface area contributed by atoms with Crippen molar-refractivity contribution < 1.29 is 9.47 Å². The van der Waals surface area contributed by atoms with Crippen LogP contribution in [0.15, 0.2) is 0 Å². The molecule has 5 aliphatic rings. The molecule has 17 heteroatoms. The van der Waals surface area contributed by atoms with Crippen molar-refractivity contribution in [3.63, 3.8) is 0 Å². The van der Waals surface area contributed by atoms with Gasteiger partial charge in [-0.1, -0.05) is 46.5 Å². The zero-order valence-electron chi connectivity index (χ0n) is 54.0. The quantitative estimate of drug-likeness (QED) is 0.0610. The van der Waals surface area contributed by atoms with E-state index >= 15 is 0 Å². The van der Waals surface area contributed by atoms with Crippen LogP contribution in [0.4, 0.5) is 85.3 Å². The smallest absolute Gasteiger partial charge is 0.0789 e. The normalized spacial score (nSPS) is 18.7. The fourth-order valence-electron chi connectivity index (χ4n) is 12.6. The van der Waals surface area contributed by atoms with Crippen molar-refractivity contribution in [2.24, 2.45) is 17.8 Å². The lowest BCUT2D eigenvalue weighted by atomic mass is 9.86. The Balaban J connectivity index is 0.000000168. The average Bonchev–Trinajstić information content (AvgIpc) is 3.53. The first-order valence-electron chi connectivity index (χ1n) is 31.0. The van der Waals surface area contributed by atoms with Gasteiger partial charge in [-0.15, -0.1) is 0 Å². The van der Waals surface area contributed by atoms with Crippen LogP contribution in [0.2, 0.25) is 0 Å². The van der Waals surface area contributed by atoms with Crippen LogP contribution in [0.5, 0.6) is 0 Å². The Kier molecular flexibility index (Phi) is 22.6. The van der Waals surface area contributed by atoms with Crippen molar-refractivity contribution in [1.29, 1.82) is 0 Å². The predicted molar refractivity (Wildman–Crippen MR) is 366 cm³/mol. The molecule has 5 aromatic rings. The molecule has 0 bridgehead atoms. The maximum atomic E-state index is 6.27. The first-order valence-corrected chi connectivity index (χ1v) is 31.0. The molecule has 10 rings (SSSR count). The number of anilines is 15. The van der Waals surface area contributed by atoms with E-state index in [2.05, 4.69) is 68.1 Å². The summed E-state index contributed by atoms with van der Waals surface area (Å²) in [7, 11) is 1.72. The van der Waals surface area contributed by atoms with E-state index in [0.717, 1.165) is 224 Å². The van der Waals surface area contributed by atoms with Crippen molar-refractivity contribution in [2.75, 3.05) is 130 Å². The molecule has 17 nitrogen and oxygen atoms in total. The maximum absolute atomic E-state index is 6.27. The Hall–Kier alpha value is -6.98. The fraction of sp³-hybridized carbons (Fsp3) is 0.552. The second-order valence-electron chi connectivity index (χ2n) is 24.5. The van der Waals surface area contributed by atoms with Crippen LogP contribution in [0.3, 0.4) is 0 Å². The molecular formula is C67H109N15O2. The number of methoxy groups -OCH3 is 1. The number of hydrogen-bond donors (Lipinski definition) is 15. The fourth-order valence-corrected chi connectivity index (χ4v) is 12.6. The highest BCUT2D eigenvalue weighted by Gasteiger charge is 2.29. The zero-order chi connectivity index (χ0) is 62.2. The topological polar surface area (TPSA) is 339 Å². The summed E-state index contributed by atoms with van der Waals surface area (Å²) in [6.07, 6.45) is 12.7. The minimum absolute atomic E-state index is 0.177. The van der Waals surface area contributed by atoms with Gasteiger partial charge in [-0.3, -0.25) is 0 Å². The summed E-state index contributed by atoms with van der Waals surface area (Å²) >= 11 is 0. The molecule has 5 heterocycles. The van der Waals surface area contributed by atoms with Crippen molar-refractivity contribution in [1.82, 2.24) is 0 Å². The van der Waals surface area contributed by atoms with Crippen LogP contribution in [0.1, 0.15) is 150 Å². The Bertz CT molecular complexity index is 2990. The third-order valence-electron chi connectivity index (χ3n) is 19.4. The van der Waals surface area contributed by atoms with Gasteiger partial charge in [0.1, 0.15) is 0 Å². The number of nitrogens with one attached hydrogen (secondary N) is 5. The lowest BCUT2D eigenvalue weighted by molar-refractivity contribution is 0.0705. The van der Waals surface area contributed by atoms with E-state index in [1.54, 1.807) is 7.11 Å². The molecule has 0 aliphatic carbocycles. The Morgan fingerprint density at radius 2 is 0.607 bits per heavy atom. The summed E-state index contributed by atoms with van der Waals surface area (Å²) in [4.78, 5) is 0. The molecule has 0 radical (unpaired) electrons. The summed E-state index contributed by atoms with van der Waals surface area (Å²) in [5, 5.41) is 17.1. The van der Waals surface area contributed by atoms with Crippen LogP contribution in [0.25, 0.3) is 0 Å². The van der Waals surface area contributed by atoms with Gasteiger partial charge in [-0.05, 0) is 182 Å². The Morgan fingerprint density at radius 3 is 0.917 bits per heavy atom. The number of nitrogens with two attached hydrogens (primary N) is 10. The van der Waals surface area contributed by atoms with E-state index in [9.17, 15) is 0 Å². The van der Waals surface area contributed by atoms with Crippen molar-refractivity contribution in [3.05, 3.63) is 83.5 Å². The third-order valence-corrected chi connectivity index (χ3v) is 19.4. The molecule has 0 amide bonds. The SMILES string of the molecule is CCC1CNc2c(N)c(C)c(C)c(N)c2C1.CCCC1CNc2c(N)c(C)c(C)c(N)c2C1.CCCCC1CNc2c(N)c(C)c(C)c(N)c2C1.CCOC1CNc2c(N)c(C)c(C)c(N)c2C1.COC1CNc2c(N)c(C)c(C)c(N)c2C1. The third kappa shape index (κ3) is 13.9. The Morgan fingerprint density at radius 1 is 0.333 bits per heavy atom. The molecule has 0 aromatic heterocycles. The van der Waals surface area contributed by atoms with E-state index in [0.29, 0.717) is 17.8 Å². The maximum Gasteiger partial charge on any atom is 0.0789 e. The molecule has 84 heavy (non-hydrogen) atoms. The van der Waals surface area contributed by atoms with Gasteiger partial charge in [0.2, 0.25) is 0 Å². The lowest BCUT2D eigenvalue weighted by Crippen LogP contribution is -2.32. The number of fused-ring (bicyclic) bond motifs is 5. The zero-order valence-corrected chi connectivity index (χ0v) is 54.0. The minimum atomic E-state index is 0.177. The van der Waals surface area contributed by atoms with Gasteiger partial charge >= 0.3 is 0 Å². The van der Waals surface area contributed by atoms with E-state index < -0.39 is 0 Å². The monoisotopic (exact) mass is 1160 g/mol. The molecular weight excluding hydrogens is 1050 g/mol. The molecule has 5 aromatic carbocycles. The van der Waals surface area contributed by atoms with E-state index in [-0.39, 0.29) is 12.2 Å². The highest BCUT2D eigenvalue weighted by molar-refractivity contribution is 5.87. The number of ether oxygens (including phenoxy) is 2. The van der Waals surface area contributed by atoms with Gasteiger partial charge in [0.05, 0.1) is 69.1 Å². The summed E-state index contributed by atoms with van der Waals surface area (Å²) in [6.45, 7) is 34.4. The Labute approximate surface area is 504 Å². The second kappa shape index (κ2) is 28.7. The van der Waals surface area contributed by atoms with Gasteiger partial charge in [-0.25, -0.2) is 0 Å². The summed E-state index contributed by atoms with van der Waals surface area (Å²) in [5.41, 5.74) is 92.7. The molecule has 464 valence electrons. The van der Waals surface area contributed by atoms with Gasteiger partial charge in [0, 0.05) is 116 Å². The van der Waals surface area contributed by atoms with Crippen molar-refractivity contribution in [2.45, 2.75) is 180 Å². The number of rotatable bonds is 9. The summed E-state index contributed by atoms with van der Waals surface area (Å²) in [5.74, 6) is 2.06. The highest BCUT2D eigenvalue weighted by atomic mass is 16.5. The molecule has 0 fully saturated rings. The van der Waals surface area contributed by atoms with E-state index in [1.165, 1.54) is 55.2 Å². The van der Waals surface area contributed by atoms with Gasteiger partial charge in [-0.2, -0.15) is 0 Å². The first-order chi connectivity index (χ1) is 39.8. The van der Waals surface area contributed by atoms with Crippen LogP contribution in [-0.4, -0.2) is 58.6 Å². The van der Waals surface area contributed by atoms with Gasteiger partial charge < -0.3 is 93.4 Å². The number of unbranched alkanes of at least 4 members (excludes halogenated alkanes) is 1. The molecule has 0 saturated carbocycles. The first kappa shape index (κ1) is 66.2. The molecule has 0 saturated heterocycles. The minimum Gasteiger partial charge on any atom is -0.398 e. The summed E-state index contributed by atoms with van der Waals surface area (Å²) in [6, 6.07) is 0.